The molecule has 0 bridgehead atoms. The van der Waals surface area contributed by atoms with E-state index in [0.717, 1.165) is 29.7 Å². The van der Waals surface area contributed by atoms with Gasteiger partial charge in [0.05, 0.1) is 6.61 Å². The SMILES string of the molecule is Cc1ccc(OCCCC(=O)NCCSC2CCCC2)cc1. The van der Waals surface area contributed by atoms with Gasteiger partial charge in [0, 0.05) is 24.0 Å². The van der Waals surface area contributed by atoms with Gasteiger partial charge in [-0.05, 0) is 38.3 Å². The fourth-order valence-corrected chi connectivity index (χ4v) is 3.84. The molecule has 1 aliphatic rings. The number of aryl methyl sites for hydroxylation is 1. The van der Waals surface area contributed by atoms with Crippen molar-refractivity contribution in [3.63, 3.8) is 0 Å². The van der Waals surface area contributed by atoms with Crippen LogP contribution >= 0.6 is 11.8 Å². The van der Waals surface area contributed by atoms with E-state index in [-0.39, 0.29) is 5.91 Å². The van der Waals surface area contributed by atoms with Crippen LogP contribution in [0.25, 0.3) is 0 Å². The number of carbonyl (C=O) groups excluding carboxylic acids is 1. The number of hydrogen-bond donors (Lipinski definition) is 1. The summed E-state index contributed by atoms with van der Waals surface area (Å²) in [5.74, 6) is 2.05. The van der Waals surface area contributed by atoms with Gasteiger partial charge in [-0.2, -0.15) is 11.8 Å². The quantitative estimate of drug-likeness (QED) is 0.700. The third kappa shape index (κ3) is 6.73. The first kappa shape index (κ1) is 17.2. The summed E-state index contributed by atoms with van der Waals surface area (Å²) in [6.45, 7) is 3.44. The van der Waals surface area contributed by atoms with Crippen molar-refractivity contribution in [3.05, 3.63) is 29.8 Å². The van der Waals surface area contributed by atoms with Gasteiger partial charge in [-0.1, -0.05) is 30.5 Å². The Morgan fingerprint density at radius 3 is 2.73 bits per heavy atom. The smallest absolute Gasteiger partial charge is 0.220 e. The van der Waals surface area contributed by atoms with Gasteiger partial charge in [0.25, 0.3) is 0 Å². The Hall–Kier alpha value is -1.16. The number of rotatable bonds is 9. The van der Waals surface area contributed by atoms with Crippen molar-refractivity contribution in [2.45, 2.75) is 50.7 Å². The van der Waals surface area contributed by atoms with Crippen molar-refractivity contribution in [1.82, 2.24) is 5.32 Å². The minimum Gasteiger partial charge on any atom is -0.494 e. The van der Waals surface area contributed by atoms with Gasteiger partial charge in [-0.25, -0.2) is 0 Å². The Morgan fingerprint density at radius 2 is 2.00 bits per heavy atom. The molecular formula is C18H27NO2S. The summed E-state index contributed by atoms with van der Waals surface area (Å²) in [5, 5.41) is 3.83. The zero-order valence-corrected chi connectivity index (χ0v) is 14.3. The van der Waals surface area contributed by atoms with Crippen molar-refractivity contribution in [2.24, 2.45) is 0 Å². The molecule has 0 aliphatic heterocycles. The van der Waals surface area contributed by atoms with E-state index in [2.05, 4.69) is 12.2 Å². The highest BCUT2D eigenvalue weighted by atomic mass is 32.2. The molecular weight excluding hydrogens is 294 g/mol. The van der Waals surface area contributed by atoms with Crippen LogP contribution < -0.4 is 10.1 Å². The van der Waals surface area contributed by atoms with Gasteiger partial charge in [0.15, 0.2) is 0 Å². The van der Waals surface area contributed by atoms with Crippen molar-refractivity contribution in [1.29, 1.82) is 0 Å². The van der Waals surface area contributed by atoms with Gasteiger partial charge in [-0.3, -0.25) is 4.79 Å². The van der Waals surface area contributed by atoms with Crippen LogP contribution in [0.15, 0.2) is 24.3 Å². The van der Waals surface area contributed by atoms with Gasteiger partial charge in [-0.15, -0.1) is 0 Å². The molecule has 0 aromatic heterocycles. The normalized spacial score (nSPS) is 15.0. The number of nitrogens with one attached hydrogen (secondary N) is 1. The lowest BCUT2D eigenvalue weighted by Gasteiger charge is -2.09. The first-order valence-corrected chi connectivity index (χ1v) is 9.37. The van der Waals surface area contributed by atoms with E-state index in [4.69, 9.17) is 4.74 Å². The average Bonchev–Trinajstić information content (AvgIpc) is 3.03. The summed E-state index contributed by atoms with van der Waals surface area (Å²) in [5.41, 5.74) is 1.22. The standard InChI is InChI=1S/C18H27NO2S/c1-15-8-10-16(11-9-15)21-13-4-7-18(20)19-12-14-22-17-5-2-3-6-17/h8-11,17H,2-7,12-14H2,1H3,(H,19,20). The first-order valence-electron chi connectivity index (χ1n) is 8.32. The second-order valence-electron chi connectivity index (χ2n) is 5.89. The average molecular weight is 321 g/mol. The molecule has 0 radical (unpaired) electrons. The molecule has 1 amide bonds. The summed E-state index contributed by atoms with van der Waals surface area (Å²) < 4.78 is 5.62. The highest BCUT2D eigenvalue weighted by Gasteiger charge is 2.14. The molecule has 1 aromatic carbocycles. The summed E-state index contributed by atoms with van der Waals surface area (Å²) >= 11 is 2.01. The van der Waals surface area contributed by atoms with Crippen LogP contribution in [-0.2, 0) is 4.79 Å². The van der Waals surface area contributed by atoms with Crippen LogP contribution in [0, 0.1) is 6.92 Å². The molecule has 1 aliphatic carbocycles. The topological polar surface area (TPSA) is 38.3 Å². The zero-order chi connectivity index (χ0) is 15.6. The van der Waals surface area contributed by atoms with Crippen LogP contribution in [0.4, 0.5) is 0 Å². The Bertz CT molecular complexity index is 441. The Morgan fingerprint density at radius 1 is 1.27 bits per heavy atom. The summed E-state index contributed by atoms with van der Waals surface area (Å²) in [6.07, 6.45) is 6.77. The highest BCUT2D eigenvalue weighted by Crippen LogP contribution is 2.28. The second kappa shape index (κ2) is 9.78. The predicted octanol–water partition coefficient (Wildman–Crippen LogP) is 3.95. The molecule has 1 N–H and O–H groups in total. The molecule has 1 fully saturated rings. The fraction of sp³-hybridized carbons (Fsp3) is 0.611. The van der Waals surface area contributed by atoms with Gasteiger partial charge in [0.2, 0.25) is 5.91 Å². The van der Waals surface area contributed by atoms with Crippen LogP contribution in [0.5, 0.6) is 5.75 Å². The largest absolute Gasteiger partial charge is 0.494 e. The molecule has 1 saturated carbocycles. The lowest BCUT2D eigenvalue weighted by atomic mass is 10.2. The minimum absolute atomic E-state index is 0.138. The zero-order valence-electron chi connectivity index (χ0n) is 13.5. The maximum absolute atomic E-state index is 11.7. The fourth-order valence-electron chi connectivity index (χ4n) is 2.62. The Balaban J connectivity index is 1.46. The lowest BCUT2D eigenvalue weighted by molar-refractivity contribution is -0.121. The molecule has 0 heterocycles. The molecule has 122 valence electrons. The second-order valence-corrected chi connectivity index (χ2v) is 7.30. The van der Waals surface area contributed by atoms with Crippen molar-refractivity contribution < 1.29 is 9.53 Å². The predicted molar refractivity (Wildman–Crippen MR) is 93.6 cm³/mol. The number of amides is 1. The summed E-state index contributed by atoms with van der Waals surface area (Å²) in [6, 6.07) is 8.00. The van der Waals surface area contributed by atoms with E-state index in [1.807, 2.05) is 36.0 Å². The van der Waals surface area contributed by atoms with Gasteiger partial charge < -0.3 is 10.1 Å². The molecule has 1 aromatic rings. The summed E-state index contributed by atoms with van der Waals surface area (Å²) in [4.78, 5) is 11.7. The number of hydrogen-bond acceptors (Lipinski definition) is 3. The van der Waals surface area contributed by atoms with E-state index in [1.54, 1.807) is 0 Å². The van der Waals surface area contributed by atoms with E-state index < -0.39 is 0 Å². The molecule has 0 unspecified atom stereocenters. The lowest BCUT2D eigenvalue weighted by Crippen LogP contribution is -2.26. The van der Waals surface area contributed by atoms with E-state index in [9.17, 15) is 4.79 Å². The third-order valence-corrected chi connectivity index (χ3v) is 5.30. The van der Waals surface area contributed by atoms with Crippen LogP contribution in [-0.4, -0.2) is 30.1 Å². The third-order valence-electron chi connectivity index (χ3n) is 3.92. The molecule has 0 atom stereocenters. The van der Waals surface area contributed by atoms with Crippen LogP contribution in [0.3, 0.4) is 0 Å². The highest BCUT2D eigenvalue weighted by molar-refractivity contribution is 7.99. The summed E-state index contributed by atoms with van der Waals surface area (Å²) in [7, 11) is 0. The maximum atomic E-state index is 11.7. The van der Waals surface area contributed by atoms with E-state index in [1.165, 1.54) is 31.2 Å². The molecule has 0 spiro atoms. The van der Waals surface area contributed by atoms with Crippen molar-refractivity contribution in [3.8, 4) is 5.75 Å². The maximum Gasteiger partial charge on any atom is 0.220 e. The van der Waals surface area contributed by atoms with Crippen molar-refractivity contribution in [2.75, 3.05) is 18.9 Å². The minimum atomic E-state index is 0.138. The number of carbonyl (C=O) groups is 1. The molecule has 4 heteroatoms. The van der Waals surface area contributed by atoms with Crippen molar-refractivity contribution >= 4 is 17.7 Å². The number of thioether (sulfide) groups is 1. The monoisotopic (exact) mass is 321 g/mol. The van der Waals surface area contributed by atoms with Crippen LogP contribution in [0.1, 0.15) is 44.1 Å². The van der Waals surface area contributed by atoms with E-state index >= 15 is 0 Å². The number of ether oxygens (including phenoxy) is 1. The number of benzene rings is 1. The molecule has 2 rings (SSSR count). The first-order chi connectivity index (χ1) is 10.7. The Kier molecular flexibility index (Phi) is 7.64. The van der Waals surface area contributed by atoms with Gasteiger partial charge in [0.1, 0.15) is 5.75 Å². The van der Waals surface area contributed by atoms with E-state index in [0.29, 0.717) is 13.0 Å². The van der Waals surface area contributed by atoms with Crippen LogP contribution in [0.2, 0.25) is 0 Å². The van der Waals surface area contributed by atoms with Gasteiger partial charge >= 0.3 is 0 Å². The molecule has 22 heavy (non-hydrogen) atoms. The molecule has 0 saturated heterocycles. The molecule has 3 nitrogen and oxygen atoms in total. The Labute approximate surface area is 138 Å².